The van der Waals surface area contributed by atoms with E-state index in [1.165, 1.54) is 22.3 Å². The molecule has 0 saturated heterocycles. The summed E-state index contributed by atoms with van der Waals surface area (Å²) in [7, 11) is 0. The summed E-state index contributed by atoms with van der Waals surface area (Å²) in [5.41, 5.74) is 6.00. The minimum atomic E-state index is 0.160. The second kappa shape index (κ2) is 11.0. The molecule has 3 nitrogen and oxygen atoms in total. The van der Waals surface area contributed by atoms with E-state index in [0.717, 1.165) is 31.9 Å². The van der Waals surface area contributed by atoms with Crippen LogP contribution in [0.15, 0.2) is 42.5 Å². The number of ether oxygens (including phenoxy) is 2. The largest absolute Gasteiger partial charge is 0.491 e. The van der Waals surface area contributed by atoms with Gasteiger partial charge in [-0.15, -0.1) is 0 Å². The van der Waals surface area contributed by atoms with Gasteiger partial charge in [-0.25, -0.2) is 0 Å². The van der Waals surface area contributed by atoms with Crippen molar-refractivity contribution < 1.29 is 14.8 Å². The standard InChI is InChI=1S/C27H41NO2/c1-21-9-8-10-23(22(21)2)19-28-15-16-29-17-18-30-25-13-11-24(12-14-25)27(6,7)20-26(3,4)5/h8-14,28H,15-20H2,1-7H3/p+1. The minimum Gasteiger partial charge on any atom is -0.491 e. The van der Waals surface area contributed by atoms with Crippen molar-refractivity contribution in [2.24, 2.45) is 5.41 Å². The molecule has 0 aromatic heterocycles. The number of aryl methyl sites for hydroxylation is 1. The molecule has 0 aliphatic carbocycles. The molecular weight excluding hydrogens is 370 g/mol. The van der Waals surface area contributed by atoms with Crippen molar-refractivity contribution in [3.63, 3.8) is 0 Å². The van der Waals surface area contributed by atoms with Crippen LogP contribution < -0.4 is 10.1 Å². The fourth-order valence-corrected chi connectivity index (χ4v) is 4.21. The first-order chi connectivity index (χ1) is 14.1. The van der Waals surface area contributed by atoms with E-state index >= 15 is 0 Å². The molecule has 3 heteroatoms. The molecule has 0 heterocycles. The van der Waals surface area contributed by atoms with Gasteiger partial charge in [0, 0.05) is 5.56 Å². The Labute approximate surface area is 184 Å². The fraction of sp³-hybridized carbons (Fsp3) is 0.556. The molecule has 2 N–H and O–H groups in total. The normalized spacial score (nSPS) is 12.2. The molecule has 30 heavy (non-hydrogen) atoms. The van der Waals surface area contributed by atoms with E-state index in [0.29, 0.717) is 18.6 Å². The zero-order valence-electron chi connectivity index (χ0n) is 20.2. The van der Waals surface area contributed by atoms with Gasteiger partial charge in [-0.3, -0.25) is 0 Å². The molecule has 0 fully saturated rings. The zero-order valence-corrected chi connectivity index (χ0v) is 20.2. The predicted molar refractivity (Wildman–Crippen MR) is 126 cm³/mol. The van der Waals surface area contributed by atoms with E-state index in [1.807, 2.05) is 0 Å². The molecule has 0 atom stereocenters. The topological polar surface area (TPSA) is 35.1 Å². The highest BCUT2D eigenvalue weighted by Gasteiger charge is 2.27. The lowest BCUT2D eigenvalue weighted by Crippen LogP contribution is -2.83. The van der Waals surface area contributed by atoms with Crippen LogP contribution in [0.2, 0.25) is 0 Å². The molecule has 0 aliphatic heterocycles. The predicted octanol–water partition coefficient (Wildman–Crippen LogP) is 5.18. The zero-order chi connectivity index (χ0) is 22.2. The van der Waals surface area contributed by atoms with Crippen LogP contribution in [-0.4, -0.2) is 26.4 Å². The van der Waals surface area contributed by atoms with Crippen LogP contribution in [0.1, 0.15) is 63.3 Å². The van der Waals surface area contributed by atoms with Gasteiger partial charge in [0.25, 0.3) is 0 Å². The summed E-state index contributed by atoms with van der Waals surface area (Å²) >= 11 is 0. The van der Waals surface area contributed by atoms with Crippen molar-refractivity contribution in [3.05, 3.63) is 64.7 Å². The van der Waals surface area contributed by atoms with Gasteiger partial charge in [-0.1, -0.05) is 65.0 Å². The highest BCUT2D eigenvalue weighted by atomic mass is 16.5. The quantitative estimate of drug-likeness (QED) is 0.516. The molecule has 0 unspecified atom stereocenters. The Morgan fingerprint density at radius 2 is 1.53 bits per heavy atom. The van der Waals surface area contributed by atoms with Gasteiger partial charge in [0.2, 0.25) is 0 Å². The van der Waals surface area contributed by atoms with Gasteiger partial charge in [0.05, 0.1) is 19.8 Å². The van der Waals surface area contributed by atoms with Crippen LogP contribution in [0, 0.1) is 19.3 Å². The molecule has 2 aromatic rings. The maximum absolute atomic E-state index is 5.84. The van der Waals surface area contributed by atoms with Gasteiger partial charge >= 0.3 is 0 Å². The van der Waals surface area contributed by atoms with E-state index in [2.05, 4.69) is 96.2 Å². The second-order valence-electron chi connectivity index (χ2n) is 10.2. The highest BCUT2D eigenvalue weighted by Crippen LogP contribution is 2.36. The Balaban J connectivity index is 1.62. The first-order valence-electron chi connectivity index (χ1n) is 11.3. The van der Waals surface area contributed by atoms with Crippen molar-refractivity contribution in [1.29, 1.82) is 0 Å². The highest BCUT2D eigenvalue weighted by molar-refractivity contribution is 5.33. The molecule has 0 bridgehead atoms. The van der Waals surface area contributed by atoms with E-state index in [-0.39, 0.29) is 5.41 Å². The van der Waals surface area contributed by atoms with Crippen molar-refractivity contribution in [2.75, 3.05) is 26.4 Å². The van der Waals surface area contributed by atoms with Gasteiger partial charge in [-0.2, -0.15) is 0 Å². The Kier molecular flexibility index (Phi) is 8.93. The van der Waals surface area contributed by atoms with Crippen molar-refractivity contribution in [1.82, 2.24) is 0 Å². The lowest BCUT2D eigenvalue weighted by Gasteiger charge is -2.33. The smallest absolute Gasteiger partial charge is 0.119 e. The first-order valence-corrected chi connectivity index (χ1v) is 11.3. The van der Waals surface area contributed by atoms with E-state index in [4.69, 9.17) is 9.47 Å². The molecule has 2 rings (SSSR count). The average molecular weight is 413 g/mol. The van der Waals surface area contributed by atoms with Gasteiger partial charge in [0.1, 0.15) is 18.9 Å². The number of hydrogen-bond acceptors (Lipinski definition) is 2. The first kappa shape index (κ1) is 24.4. The summed E-state index contributed by atoms with van der Waals surface area (Å²) in [5, 5.41) is 2.31. The van der Waals surface area contributed by atoms with Crippen LogP contribution in [0.5, 0.6) is 5.75 Å². The number of benzene rings is 2. The van der Waals surface area contributed by atoms with Crippen LogP contribution in [0.3, 0.4) is 0 Å². The molecule has 0 radical (unpaired) electrons. The maximum atomic E-state index is 5.84. The van der Waals surface area contributed by atoms with E-state index in [1.54, 1.807) is 0 Å². The summed E-state index contributed by atoms with van der Waals surface area (Å²) in [4.78, 5) is 0. The van der Waals surface area contributed by atoms with Crippen LogP contribution in [0.25, 0.3) is 0 Å². The molecule has 0 spiro atoms. The monoisotopic (exact) mass is 412 g/mol. The van der Waals surface area contributed by atoms with Crippen molar-refractivity contribution in [2.45, 2.75) is 66.8 Å². The molecule has 0 aliphatic rings. The SMILES string of the molecule is Cc1cccc(C[NH2+]CCOCCOc2ccc(C(C)(C)CC(C)(C)C)cc2)c1C. The lowest BCUT2D eigenvalue weighted by molar-refractivity contribution is -0.672. The summed E-state index contributed by atoms with van der Waals surface area (Å²) in [6.45, 7) is 19.8. The number of quaternary nitrogens is 1. The average Bonchev–Trinajstić information content (AvgIpc) is 2.65. The molecule has 0 saturated carbocycles. The number of nitrogens with two attached hydrogens (primary N) is 1. The third-order valence-corrected chi connectivity index (χ3v) is 5.65. The third kappa shape index (κ3) is 8.12. The lowest BCUT2D eigenvalue weighted by atomic mass is 9.72. The molecule has 2 aromatic carbocycles. The molecular formula is C27H42NO2+. The Bertz CT molecular complexity index is 772. The summed E-state index contributed by atoms with van der Waals surface area (Å²) in [6, 6.07) is 15.1. The van der Waals surface area contributed by atoms with Crippen LogP contribution in [0.4, 0.5) is 0 Å². The summed E-state index contributed by atoms with van der Waals surface area (Å²) in [6.07, 6.45) is 1.15. The van der Waals surface area contributed by atoms with E-state index in [9.17, 15) is 0 Å². The van der Waals surface area contributed by atoms with Crippen LogP contribution in [-0.2, 0) is 16.7 Å². The number of hydrogen-bond donors (Lipinski definition) is 1. The van der Waals surface area contributed by atoms with E-state index < -0.39 is 0 Å². The second-order valence-corrected chi connectivity index (χ2v) is 10.2. The van der Waals surface area contributed by atoms with Gasteiger partial charge in [-0.05, 0) is 59.9 Å². The Hall–Kier alpha value is -1.84. The summed E-state index contributed by atoms with van der Waals surface area (Å²) < 4.78 is 11.6. The Morgan fingerprint density at radius 1 is 0.833 bits per heavy atom. The molecule has 0 amide bonds. The minimum absolute atomic E-state index is 0.160. The van der Waals surface area contributed by atoms with Crippen LogP contribution >= 0.6 is 0 Å². The maximum Gasteiger partial charge on any atom is 0.119 e. The van der Waals surface area contributed by atoms with Gasteiger partial charge in [0.15, 0.2) is 0 Å². The van der Waals surface area contributed by atoms with Crippen molar-refractivity contribution in [3.8, 4) is 5.75 Å². The Morgan fingerprint density at radius 3 is 2.20 bits per heavy atom. The fourth-order valence-electron chi connectivity index (χ4n) is 4.21. The van der Waals surface area contributed by atoms with Gasteiger partial charge < -0.3 is 14.8 Å². The number of rotatable bonds is 11. The van der Waals surface area contributed by atoms with Crippen molar-refractivity contribution >= 4 is 0 Å². The summed E-state index contributed by atoms with van der Waals surface area (Å²) in [5.74, 6) is 0.912. The molecule has 166 valence electrons. The third-order valence-electron chi connectivity index (χ3n) is 5.65.